The summed E-state index contributed by atoms with van der Waals surface area (Å²) in [7, 11) is 0. The van der Waals surface area contributed by atoms with Gasteiger partial charge in [0.15, 0.2) is 11.6 Å². The maximum Gasteiger partial charge on any atom is 0.238 e. The van der Waals surface area contributed by atoms with E-state index in [0.29, 0.717) is 23.5 Å². The summed E-state index contributed by atoms with van der Waals surface area (Å²) in [6.07, 6.45) is 0. The molecule has 0 fully saturated rings. The van der Waals surface area contributed by atoms with Gasteiger partial charge in [-0.2, -0.15) is 9.97 Å². The molecule has 0 saturated heterocycles. The third-order valence-electron chi connectivity index (χ3n) is 13.3. The van der Waals surface area contributed by atoms with Crippen molar-refractivity contribution in [3.63, 3.8) is 0 Å². The summed E-state index contributed by atoms with van der Waals surface area (Å²) in [6.45, 7) is 0. The highest BCUT2D eigenvalue weighted by molar-refractivity contribution is 6.33. The van der Waals surface area contributed by atoms with Gasteiger partial charge < -0.3 is 4.57 Å². The Kier molecular flexibility index (Phi) is 8.72. The quantitative estimate of drug-likeness (QED) is 0.159. The van der Waals surface area contributed by atoms with Crippen LogP contribution in [-0.2, 0) is 0 Å². The summed E-state index contributed by atoms with van der Waals surface area (Å²) in [4.78, 5) is 26.8. The highest BCUT2D eigenvalue weighted by Crippen LogP contribution is 2.46. The number of nitrogens with zero attached hydrogens (tertiary/aromatic N) is 8. The molecule has 0 amide bonds. The van der Waals surface area contributed by atoms with E-state index in [4.69, 9.17) is 24.9 Å². The van der Waals surface area contributed by atoms with E-state index in [0.717, 1.165) is 105 Å². The second-order valence-electron chi connectivity index (χ2n) is 17.3. The third kappa shape index (κ3) is 6.13. The molecule has 322 valence electrons. The Bertz CT molecular complexity index is 3900. The Hall–Kier alpha value is -9.53. The van der Waals surface area contributed by atoms with Crippen LogP contribution in [0.2, 0.25) is 0 Å². The number of hydrogen-bond acceptors (Lipinski definition) is 5. The summed E-state index contributed by atoms with van der Waals surface area (Å²) < 4.78 is 6.94. The Labute approximate surface area is 395 Å². The van der Waals surface area contributed by atoms with Crippen molar-refractivity contribution in [2.45, 2.75) is 0 Å². The van der Waals surface area contributed by atoms with E-state index in [2.05, 4.69) is 196 Å². The largest absolute Gasteiger partial charge is 0.309 e. The lowest BCUT2D eigenvalue weighted by atomic mass is 10.0. The summed E-state index contributed by atoms with van der Waals surface area (Å²) in [5.74, 6) is 2.30. The predicted octanol–water partition coefficient (Wildman–Crippen LogP) is 14.6. The highest BCUT2D eigenvalue weighted by atomic mass is 15.2. The van der Waals surface area contributed by atoms with Crippen LogP contribution in [0.15, 0.2) is 231 Å². The van der Waals surface area contributed by atoms with Gasteiger partial charge in [-0.25, -0.2) is 15.0 Å². The monoisotopic (exact) mass is 882 g/mol. The summed E-state index contributed by atoms with van der Waals surface area (Å²) in [5, 5.41) is 6.50. The molecule has 0 saturated carbocycles. The fourth-order valence-corrected chi connectivity index (χ4v) is 10.3. The van der Waals surface area contributed by atoms with E-state index in [1.807, 2.05) is 48.5 Å². The van der Waals surface area contributed by atoms with E-state index in [1.165, 1.54) is 0 Å². The molecular formula is C61H38N8. The smallest absolute Gasteiger partial charge is 0.238 e. The van der Waals surface area contributed by atoms with Crippen molar-refractivity contribution >= 4 is 65.4 Å². The predicted molar refractivity (Wildman–Crippen MR) is 280 cm³/mol. The average molecular weight is 883 g/mol. The minimum absolute atomic E-state index is 0.529. The van der Waals surface area contributed by atoms with Crippen LogP contribution in [0, 0.1) is 0 Å². The van der Waals surface area contributed by atoms with Crippen LogP contribution in [0.1, 0.15) is 0 Å². The molecule has 8 nitrogen and oxygen atoms in total. The first-order chi connectivity index (χ1) is 34.2. The maximum absolute atomic E-state index is 5.48. The van der Waals surface area contributed by atoms with E-state index in [9.17, 15) is 0 Å². The molecule has 14 aromatic rings. The van der Waals surface area contributed by atoms with Crippen LogP contribution in [0.4, 0.5) is 0 Å². The maximum atomic E-state index is 5.48. The summed E-state index contributed by atoms with van der Waals surface area (Å²) in [6, 6.07) is 80.1. The van der Waals surface area contributed by atoms with Crippen molar-refractivity contribution in [3.05, 3.63) is 231 Å². The third-order valence-corrected chi connectivity index (χ3v) is 13.3. The molecule has 0 aliphatic heterocycles. The average Bonchev–Trinajstić information content (AvgIpc) is 4.08. The fraction of sp³-hybridized carbons (Fsp3) is 0. The lowest BCUT2D eigenvalue weighted by Crippen LogP contribution is -2.06. The molecule has 0 radical (unpaired) electrons. The number of rotatable bonds is 7. The molecule has 0 unspecified atom stereocenters. The second kappa shape index (κ2) is 15.5. The zero-order chi connectivity index (χ0) is 45.4. The van der Waals surface area contributed by atoms with Gasteiger partial charge in [0.2, 0.25) is 11.9 Å². The van der Waals surface area contributed by atoms with Crippen molar-refractivity contribution in [2.24, 2.45) is 0 Å². The summed E-state index contributed by atoms with van der Waals surface area (Å²) >= 11 is 0. The van der Waals surface area contributed by atoms with E-state index >= 15 is 0 Å². The van der Waals surface area contributed by atoms with Crippen molar-refractivity contribution < 1.29 is 0 Å². The normalized spacial score (nSPS) is 11.8. The van der Waals surface area contributed by atoms with Crippen LogP contribution in [-0.4, -0.2) is 38.6 Å². The van der Waals surface area contributed by atoms with Crippen LogP contribution < -0.4 is 0 Å². The molecular weight excluding hydrogens is 845 g/mol. The summed E-state index contributed by atoms with van der Waals surface area (Å²) in [5.41, 5.74) is 12.6. The second-order valence-corrected chi connectivity index (χ2v) is 17.3. The molecule has 9 aromatic carbocycles. The zero-order valence-corrected chi connectivity index (χ0v) is 37.0. The Balaban J connectivity index is 1.19. The Morgan fingerprint density at radius 3 is 1.09 bits per heavy atom. The fourth-order valence-electron chi connectivity index (χ4n) is 10.3. The molecule has 0 aliphatic rings. The lowest BCUT2D eigenvalue weighted by Gasteiger charge is -2.13. The molecule has 0 spiro atoms. The van der Waals surface area contributed by atoms with Gasteiger partial charge >= 0.3 is 0 Å². The molecule has 0 bridgehead atoms. The molecule has 8 heteroatoms. The van der Waals surface area contributed by atoms with Gasteiger partial charge in [0.25, 0.3) is 0 Å². The van der Waals surface area contributed by atoms with Crippen molar-refractivity contribution in [1.29, 1.82) is 0 Å². The first-order valence-electron chi connectivity index (χ1n) is 23.1. The van der Waals surface area contributed by atoms with Crippen LogP contribution in [0.5, 0.6) is 0 Å². The first kappa shape index (κ1) is 38.7. The van der Waals surface area contributed by atoms with E-state index in [-0.39, 0.29) is 0 Å². The van der Waals surface area contributed by atoms with Crippen LogP contribution >= 0.6 is 0 Å². The van der Waals surface area contributed by atoms with Crippen molar-refractivity contribution in [2.75, 3.05) is 0 Å². The van der Waals surface area contributed by atoms with Gasteiger partial charge in [-0.1, -0.05) is 188 Å². The minimum atomic E-state index is 0.529. The first-order valence-corrected chi connectivity index (χ1v) is 23.1. The molecule has 14 rings (SSSR count). The van der Waals surface area contributed by atoms with Gasteiger partial charge in [0, 0.05) is 60.3 Å². The van der Waals surface area contributed by atoms with Crippen LogP contribution in [0.25, 0.3) is 128 Å². The van der Waals surface area contributed by atoms with Gasteiger partial charge in [0.1, 0.15) is 0 Å². The molecule has 5 aromatic heterocycles. The Morgan fingerprint density at radius 2 is 0.638 bits per heavy atom. The number of benzene rings is 9. The number of para-hydroxylation sites is 3. The van der Waals surface area contributed by atoms with Gasteiger partial charge in [-0.05, 0) is 42.5 Å². The highest BCUT2D eigenvalue weighted by Gasteiger charge is 2.27. The van der Waals surface area contributed by atoms with E-state index in [1.54, 1.807) is 0 Å². The molecule has 5 heterocycles. The standard InChI is InChI=1S/C61H38N8/c1-6-20-39(21-7-1)48-38-49(40-22-8-2-9-23-40)63-60(62-48)68-50-32-18-16-30-44(50)46-34-36-52-54(56(46)68)55-53(67(52)43-28-14-5-15-29-43)37-35-47-45-31-17-19-33-51(45)69(57(47)55)61-65-58(41-24-10-3-11-25-41)64-59(66-61)42-26-12-4-13-27-42/h1-38H. The number of hydrogen-bond donors (Lipinski definition) is 0. The van der Waals surface area contributed by atoms with Crippen molar-refractivity contribution in [1.82, 2.24) is 38.6 Å². The van der Waals surface area contributed by atoms with Crippen molar-refractivity contribution in [3.8, 4) is 62.9 Å². The van der Waals surface area contributed by atoms with E-state index < -0.39 is 0 Å². The molecule has 0 N–H and O–H groups in total. The van der Waals surface area contributed by atoms with Crippen LogP contribution in [0.3, 0.4) is 0 Å². The topological polar surface area (TPSA) is 79.2 Å². The Morgan fingerprint density at radius 1 is 0.261 bits per heavy atom. The number of aromatic nitrogens is 8. The van der Waals surface area contributed by atoms with Gasteiger partial charge in [-0.3, -0.25) is 9.13 Å². The van der Waals surface area contributed by atoms with Gasteiger partial charge in [-0.15, -0.1) is 0 Å². The molecule has 0 aliphatic carbocycles. The molecule has 0 atom stereocenters. The zero-order valence-electron chi connectivity index (χ0n) is 37.0. The lowest BCUT2D eigenvalue weighted by molar-refractivity contribution is 0.955. The molecule has 69 heavy (non-hydrogen) atoms. The minimum Gasteiger partial charge on any atom is -0.309 e. The van der Waals surface area contributed by atoms with Gasteiger partial charge in [0.05, 0.1) is 44.5 Å². The number of fused-ring (bicyclic) bond motifs is 11. The SMILES string of the molecule is c1ccc(-c2cc(-c3ccccc3)nc(-n3c4ccccc4c4ccc5c(c6c(ccc7c8ccccc8n(-c8nc(-c9ccccc9)nc(-c9ccccc9)n8)c76)n5-c5ccccc5)c43)n2)cc1.